The fourth-order valence-corrected chi connectivity index (χ4v) is 2.82. The molecule has 0 unspecified atom stereocenters. The average Bonchev–Trinajstić information content (AvgIpc) is 2.87. The molecule has 1 saturated carbocycles. The first-order valence-electron chi connectivity index (χ1n) is 4.55. The van der Waals surface area contributed by atoms with Crippen molar-refractivity contribution in [2.45, 2.75) is 18.8 Å². The third-order valence-corrected chi connectivity index (χ3v) is 3.57. The highest BCUT2D eigenvalue weighted by Crippen LogP contribution is 2.45. The molecular weight excluding hydrogens is 180 g/mol. The highest BCUT2D eigenvalue weighted by atomic mass is 32.1. The van der Waals surface area contributed by atoms with Gasteiger partial charge in [0.05, 0.1) is 0 Å². The van der Waals surface area contributed by atoms with Crippen LogP contribution in [0.25, 0.3) is 10.1 Å². The van der Waals surface area contributed by atoms with Crippen molar-refractivity contribution in [3.8, 4) is 5.75 Å². The number of hydrogen-bond acceptors (Lipinski definition) is 2. The number of phenols is 1. The molecule has 1 N–H and O–H groups in total. The maximum Gasteiger partial charge on any atom is 0.117 e. The van der Waals surface area contributed by atoms with E-state index < -0.39 is 0 Å². The van der Waals surface area contributed by atoms with Gasteiger partial charge in [-0.1, -0.05) is 0 Å². The second kappa shape index (κ2) is 2.48. The first kappa shape index (κ1) is 7.39. The van der Waals surface area contributed by atoms with Crippen LogP contribution in [0.4, 0.5) is 0 Å². The number of benzene rings is 1. The van der Waals surface area contributed by atoms with E-state index in [0.29, 0.717) is 5.75 Å². The molecule has 0 aliphatic heterocycles. The van der Waals surface area contributed by atoms with Gasteiger partial charge in [0.25, 0.3) is 0 Å². The minimum atomic E-state index is 0.372. The van der Waals surface area contributed by atoms with Crippen LogP contribution in [0.1, 0.15) is 24.3 Å². The van der Waals surface area contributed by atoms with Crippen LogP contribution in [0.15, 0.2) is 23.6 Å². The van der Waals surface area contributed by atoms with Gasteiger partial charge in [-0.2, -0.15) is 0 Å². The molecule has 1 nitrogen and oxygen atoms in total. The van der Waals surface area contributed by atoms with E-state index in [1.165, 1.54) is 28.5 Å². The zero-order valence-electron chi connectivity index (χ0n) is 7.16. The Balaban J connectivity index is 2.26. The summed E-state index contributed by atoms with van der Waals surface area (Å²) in [4.78, 5) is 0. The second-order valence-corrected chi connectivity index (χ2v) is 4.56. The van der Waals surface area contributed by atoms with Crippen molar-refractivity contribution in [3.05, 3.63) is 29.1 Å². The van der Waals surface area contributed by atoms with Crippen LogP contribution in [0, 0.1) is 0 Å². The van der Waals surface area contributed by atoms with Gasteiger partial charge >= 0.3 is 0 Å². The molecule has 0 amide bonds. The van der Waals surface area contributed by atoms with Gasteiger partial charge in [0, 0.05) is 4.70 Å². The third kappa shape index (κ3) is 1.13. The lowest BCUT2D eigenvalue weighted by molar-refractivity contribution is 0.476. The van der Waals surface area contributed by atoms with E-state index in [1.54, 1.807) is 17.4 Å². The predicted molar refractivity (Wildman–Crippen MR) is 55.5 cm³/mol. The summed E-state index contributed by atoms with van der Waals surface area (Å²) < 4.78 is 1.21. The minimum absolute atomic E-state index is 0.372. The monoisotopic (exact) mass is 190 g/mol. The number of thiophene rings is 1. The SMILES string of the molecule is Oc1ccc2c(C3CC3)csc2c1. The summed E-state index contributed by atoms with van der Waals surface area (Å²) in [5, 5.41) is 12.9. The lowest BCUT2D eigenvalue weighted by atomic mass is 10.1. The molecule has 0 bridgehead atoms. The van der Waals surface area contributed by atoms with E-state index in [4.69, 9.17) is 0 Å². The van der Waals surface area contributed by atoms with Crippen LogP contribution in [-0.2, 0) is 0 Å². The van der Waals surface area contributed by atoms with E-state index in [0.717, 1.165) is 5.92 Å². The van der Waals surface area contributed by atoms with E-state index >= 15 is 0 Å². The lowest BCUT2D eigenvalue weighted by Crippen LogP contribution is -1.73. The molecule has 0 atom stereocenters. The van der Waals surface area contributed by atoms with Gasteiger partial charge in [-0.25, -0.2) is 0 Å². The van der Waals surface area contributed by atoms with Gasteiger partial charge in [0.2, 0.25) is 0 Å². The highest BCUT2D eigenvalue weighted by Gasteiger charge is 2.25. The molecule has 1 heterocycles. The third-order valence-electron chi connectivity index (χ3n) is 2.61. The Kier molecular flexibility index (Phi) is 1.41. The molecule has 0 saturated heterocycles. The van der Waals surface area contributed by atoms with Crippen molar-refractivity contribution in [2.24, 2.45) is 0 Å². The van der Waals surface area contributed by atoms with E-state index in [2.05, 4.69) is 5.38 Å². The minimum Gasteiger partial charge on any atom is -0.508 e. The second-order valence-electron chi connectivity index (χ2n) is 3.65. The van der Waals surface area contributed by atoms with Crippen LogP contribution in [0.5, 0.6) is 5.75 Å². The van der Waals surface area contributed by atoms with Gasteiger partial charge in [-0.3, -0.25) is 0 Å². The van der Waals surface area contributed by atoms with Crippen LogP contribution < -0.4 is 0 Å². The lowest BCUT2D eigenvalue weighted by Gasteiger charge is -1.95. The summed E-state index contributed by atoms with van der Waals surface area (Å²) in [6.07, 6.45) is 2.68. The topological polar surface area (TPSA) is 20.2 Å². The summed E-state index contributed by atoms with van der Waals surface area (Å²) in [7, 11) is 0. The summed E-state index contributed by atoms with van der Waals surface area (Å²) in [6.45, 7) is 0. The summed E-state index contributed by atoms with van der Waals surface area (Å²) in [5.74, 6) is 1.18. The normalized spacial score (nSPS) is 16.6. The van der Waals surface area contributed by atoms with Gasteiger partial charge in [0.15, 0.2) is 0 Å². The molecule has 66 valence electrons. The summed E-state index contributed by atoms with van der Waals surface area (Å²) >= 11 is 1.74. The Bertz CT molecular complexity index is 454. The maximum absolute atomic E-state index is 9.30. The van der Waals surface area contributed by atoms with E-state index in [9.17, 15) is 5.11 Å². The van der Waals surface area contributed by atoms with Crippen molar-refractivity contribution in [1.29, 1.82) is 0 Å². The molecule has 3 rings (SSSR count). The maximum atomic E-state index is 9.30. The molecular formula is C11H10OS. The van der Waals surface area contributed by atoms with Crippen molar-refractivity contribution >= 4 is 21.4 Å². The zero-order valence-corrected chi connectivity index (χ0v) is 7.97. The highest BCUT2D eigenvalue weighted by molar-refractivity contribution is 7.17. The van der Waals surface area contributed by atoms with Crippen molar-refractivity contribution in [2.75, 3.05) is 0 Å². The predicted octanol–water partition coefficient (Wildman–Crippen LogP) is 3.48. The molecule has 2 aromatic rings. The van der Waals surface area contributed by atoms with Crippen molar-refractivity contribution in [1.82, 2.24) is 0 Å². The summed E-state index contributed by atoms with van der Waals surface area (Å²) in [5.41, 5.74) is 1.49. The largest absolute Gasteiger partial charge is 0.508 e. The average molecular weight is 190 g/mol. The van der Waals surface area contributed by atoms with Crippen molar-refractivity contribution in [3.63, 3.8) is 0 Å². The first-order chi connectivity index (χ1) is 6.34. The standard InChI is InChI=1S/C11H10OS/c12-8-3-4-9-10(7-1-2-7)6-13-11(9)5-8/h3-7,12H,1-2H2. The Labute approximate surface area is 80.6 Å². The number of hydrogen-bond donors (Lipinski definition) is 1. The quantitative estimate of drug-likeness (QED) is 0.729. The van der Waals surface area contributed by atoms with E-state index in [1.807, 2.05) is 12.1 Å². The van der Waals surface area contributed by atoms with Crippen LogP contribution in [0.3, 0.4) is 0 Å². The number of fused-ring (bicyclic) bond motifs is 1. The number of rotatable bonds is 1. The van der Waals surface area contributed by atoms with Crippen LogP contribution in [0.2, 0.25) is 0 Å². The van der Waals surface area contributed by atoms with Gasteiger partial charge in [0.1, 0.15) is 5.75 Å². The fraction of sp³-hybridized carbons (Fsp3) is 0.273. The fourth-order valence-electron chi connectivity index (χ4n) is 1.75. The molecule has 1 aromatic carbocycles. The smallest absolute Gasteiger partial charge is 0.117 e. The van der Waals surface area contributed by atoms with Gasteiger partial charge in [-0.05, 0) is 53.3 Å². The molecule has 13 heavy (non-hydrogen) atoms. The number of phenolic OH excluding ortho intramolecular Hbond substituents is 1. The number of aromatic hydroxyl groups is 1. The Hall–Kier alpha value is -1.02. The Morgan fingerprint density at radius 3 is 2.92 bits per heavy atom. The zero-order chi connectivity index (χ0) is 8.84. The molecule has 0 radical (unpaired) electrons. The van der Waals surface area contributed by atoms with Gasteiger partial charge in [-0.15, -0.1) is 11.3 Å². The molecule has 1 aliphatic carbocycles. The first-order valence-corrected chi connectivity index (χ1v) is 5.42. The van der Waals surface area contributed by atoms with Crippen LogP contribution >= 0.6 is 11.3 Å². The van der Waals surface area contributed by atoms with Crippen molar-refractivity contribution < 1.29 is 5.11 Å². The molecule has 1 fully saturated rings. The van der Waals surface area contributed by atoms with Crippen LogP contribution in [-0.4, -0.2) is 5.11 Å². The Morgan fingerprint density at radius 1 is 1.31 bits per heavy atom. The van der Waals surface area contributed by atoms with E-state index in [-0.39, 0.29) is 0 Å². The molecule has 2 heteroatoms. The molecule has 1 aliphatic rings. The summed E-state index contributed by atoms with van der Waals surface area (Å²) in [6, 6.07) is 5.67. The molecule has 1 aromatic heterocycles. The van der Waals surface area contributed by atoms with Gasteiger partial charge < -0.3 is 5.11 Å². The molecule has 0 spiro atoms. The Morgan fingerprint density at radius 2 is 2.15 bits per heavy atom.